The lowest BCUT2D eigenvalue weighted by Crippen LogP contribution is -2.56. The van der Waals surface area contributed by atoms with Crippen LogP contribution in [0.3, 0.4) is 0 Å². The molecule has 0 heterocycles. The first-order chi connectivity index (χ1) is 19.9. The maximum absolute atomic E-state index is 14.2. The summed E-state index contributed by atoms with van der Waals surface area (Å²) < 4.78 is 0. The summed E-state index contributed by atoms with van der Waals surface area (Å²) in [4.78, 5) is 54.8. The molecular formula is C33H41N5O4. The fourth-order valence-corrected chi connectivity index (χ4v) is 4.64. The minimum absolute atomic E-state index is 0.208. The van der Waals surface area contributed by atoms with E-state index in [4.69, 9.17) is 11.5 Å². The molecule has 0 radical (unpaired) electrons. The first kappa shape index (κ1) is 32.0. The Bertz CT molecular complexity index is 1430. The summed E-state index contributed by atoms with van der Waals surface area (Å²) in [6, 6.07) is 21.2. The van der Waals surface area contributed by atoms with Crippen molar-refractivity contribution in [1.29, 1.82) is 0 Å². The van der Waals surface area contributed by atoms with Crippen molar-refractivity contribution in [3.8, 4) is 0 Å². The van der Waals surface area contributed by atoms with Crippen LogP contribution in [0.4, 0.5) is 0 Å². The van der Waals surface area contributed by atoms with Crippen LogP contribution < -0.4 is 16.8 Å². The Morgan fingerprint density at radius 1 is 0.833 bits per heavy atom. The van der Waals surface area contributed by atoms with E-state index in [1.54, 1.807) is 13.1 Å². The minimum atomic E-state index is -0.949. The number of hydrogen-bond acceptors (Lipinski definition) is 5. The largest absolute Gasteiger partial charge is 0.368 e. The second-order valence-corrected chi connectivity index (χ2v) is 11.3. The first-order valence-corrected chi connectivity index (χ1v) is 13.9. The number of carbonyl (C=O) groups excluding carboxylic acids is 4. The van der Waals surface area contributed by atoms with Crippen molar-refractivity contribution in [3.63, 3.8) is 0 Å². The van der Waals surface area contributed by atoms with Crippen molar-refractivity contribution >= 4 is 34.4 Å². The maximum atomic E-state index is 14.2. The Kier molecular flexibility index (Phi) is 11.0. The van der Waals surface area contributed by atoms with Crippen LogP contribution in [-0.2, 0) is 32.0 Å². The second-order valence-electron chi connectivity index (χ2n) is 11.3. The summed E-state index contributed by atoms with van der Waals surface area (Å²) in [7, 11) is 3.12. The number of primary amides is 1. The van der Waals surface area contributed by atoms with Crippen LogP contribution >= 0.6 is 0 Å². The normalized spacial score (nSPS) is 13.0. The predicted octanol–water partition coefficient (Wildman–Crippen LogP) is 2.56. The van der Waals surface area contributed by atoms with Gasteiger partial charge in [-0.05, 0) is 48.2 Å². The Morgan fingerprint density at radius 3 is 2.10 bits per heavy atom. The summed E-state index contributed by atoms with van der Waals surface area (Å²) in [5.41, 5.74) is 12.5. The van der Waals surface area contributed by atoms with Crippen LogP contribution in [0, 0.1) is 0 Å². The van der Waals surface area contributed by atoms with E-state index < -0.39 is 35.3 Å². The Hall–Kier alpha value is -4.50. The number of fused-ring (bicyclic) bond motifs is 1. The third-order valence-corrected chi connectivity index (χ3v) is 7.07. The zero-order chi connectivity index (χ0) is 30.9. The smallest absolute Gasteiger partial charge is 0.246 e. The predicted molar refractivity (Wildman–Crippen MR) is 165 cm³/mol. The van der Waals surface area contributed by atoms with Crippen molar-refractivity contribution in [1.82, 2.24) is 15.1 Å². The molecule has 9 heteroatoms. The number of hydrogen-bond donors (Lipinski definition) is 3. The van der Waals surface area contributed by atoms with Crippen molar-refractivity contribution < 1.29 is 19.2 Å². The van der Waals surface area contributed by atoms with Crippen molar-refractivity contribution in [2.24, 2.45) is 11.5 Å². The molecule has 3 aromatic carbocycles. The quantitative estimate of drug-likeness (QED) is 0.271. The number of nitrogens with two attached hydrogens (primary N) is 2. The molecule has 2 atom stereocenters. The van der Waals surface area contributed by atoms with Gasteiger partial charge in [0.2, 0.25) is 23.6 Å². The number of benzene rings is 3. The van der Waals surface area contributed by atoms with E-state index >= 15 is 0 Å². The summed E-state index contributed by atoms with van der Waals surface area (Å²) in [6.07, 6.45) is 4.05. The molecule has 9 nitrogen and oxygen atoms in total. The molecule has 222 valence electrons. The van der Waals surface area contributed by atoms with Gasteiger partial charge >= 0.3 is 0 Å². The van der Waals surface area contributed by atoms with Crippen molar-refractivity contribution in [2.45, 2.75) is 50.7 Å². The van der Waals surface area contributed by atoms with Gasteiger partial charge in [0, 0.05) is 32.5 Å². The molecule has 0 aliphatic carbocycles. The molecule has 0 aliphatic rings. The fourth-order valence-electron chi connectivity index (χ4n) is 4.64. The highest BCUT2D eigenvalue weighted by Gasteiger charge is 2.35. The SMILES string of the molecule is CN(C(=O)C=CCC(C)(C)N)[C@H](Cc1ccc2ccccc2c1)C(=O)N(C)[C@H](Cc1ccccc1)C(=O)NCC(N)=O. The maximum Gasteiger partial charge on any atom is 0.246 e. The topological polar surface area (TPSA) is 139 Å². The number of nitrogens with one attached hydrogen (secondary N) is 1. The zero-order valence-corrected chi connectivity index (χ0v) is 24.7. The molecule has 0 saturated carbocycles. The van der Waals surface area contributed by atoms with Crippen molar-refractivity contribution in [2.75, 3.05) is 20.6 Å². The van der Waals surface area contributed by atoms with Gasteiger partial charge in [-0.1, -0.05) is 78.9 Å². The number of likely N-dealkylation sites (N-methyl/N-ethyl adjacent to an activating group) is 2. The van der Waals surface area contributed by atoms with Gasteiger partial charge in [0.1, 0.15) is 12.1 Å². The van der Waals surface area contributed by atoms with Gasteiger partial charge in [0.15, 0.2) is 0 Å². The van der Waals surface area contributed by atoms with E-state index in [1.807, 2.05) is 86.6 Å². The first-order valence-electron chi connectivity index (χ1n) is 13.9. The Morgan fingerprint density at radius 2 is 1.45 bits per heavy atom. The highest BCUT2D eigenvalue weighted by atomic mass is 16.2. The molecule has 0 aliphatic heterocycles. The standard InChI is InChI=1S/C33H41N5O4/c1-33(2,35)18-10-15-30(40)37(3)28(21-24-16-17-25-13-8-9-14-26(25)19-24)32(42)38(4)27(31(41)36-22-29(34)39)20-23-11-6-5-7-12-23/h5-17,19,27-28H,18,20-22,35H2,1-4H3,(H2,34,39)(H,36,41)/t27-,28-/m1/s1. The molecule has 4 amide bonds. The van der Waals surface area contributed by atoms with Gasteiger partial charge in [-0.3, -0.25) is 19.2 Å². The number of rotatable bonds is 13. The summed E-state index contributed by atoms with van der Waals surface area (Å²) in [5, 5.41) is 4.61. The average Bonchev–Trinajstić information content (AvgIpc) is 2.96. The number of amides is 4. The third-order valence-electron chi connectivity index (χ3n) is 7.07. The highest BCUT2D eigenvalue weighted by molar-refractivity contribution is 5.95. The Labute approximate surface area is 247 Å². The van der Waals surface area contributed by atoms with Crippen LogP contribution in [0.5, 0.6) is 0 Å². The van der Waals surface area contributed by atoms with E-state index in [0.717, 1.165) is 21.9 Å². The lowest BCUT2D eigenvalue weighted by Gasteiger charge is -2.34. The number of nitrogens with zero attached hydrogens (tertiary/aromatic N) is 2. The van der Waals surface area contributed by atoms with E-state index in [1.165, 1.54) is 22.9 Å². The monoisotopic (exact) mass is 571 g/mol. The summed E-state index contributed by atoms with van der Waals surface area (Å²) >= 11 is 0. The Balaban J connectivity index is 1.95. The molecule has 5 N–H and O–H groups in total. The fraction of sp³-hybridized carbons (Fsp3) is 0.333. The minimum Gasteiger partial charge on any atom is -0.368 e. The average molecular weight is 572 g/mol. The molecule has 0 bridgehead atoms. The molecule has 3 rings (SSSR count). The van der Waals surface area contributed by atoms with Crippen molar-refractivity contribution in [3.05, 3.63) is 96.1 Å². The van der Waals surface area contributed by atoms with Crippen LogP contribution in [0.1, 0.15) is 31.4 Å². The summed E-state index contributed by atoms with van der Waals surface area (Å²) in [6.45, 7) is 3.37. The molecule has 0 spiro atoms. The van der Waals surface area contributed by atoms with Gasteiger partial charge < -0.3 is 26.6 Å². The summed E-state index contributed by atoms with van der Waals surface area (Å²) in [5.74, 6) is -1.98. The van der Waals surface area contributed by atoms with E-state index in [-0.39, 0.29) is 25.3 Å². The molecule has 0 fully saturated rings. The van der Waals surface area contributed by atoms with Crippen LogP contribution in [0.15, 0.2) is 84.9 Å². The molecular weight excluding hydrogens is 530 g/mol. The van der Waals surface area contributed by atoms with Gasteiger partial charge in [0.25, 0.3) is 0 Å². The molecule has 0 aromatic heterocycles. The number of carbonyl (C=O) groups is 4. The van der Waals surface area contributed by atoms with Gasteiger partial charge in [-0.25, -0.2) is 0 Å². The lowest BCUT2D eigenvalue weighted by molar-refractivity contribution is -0.146. The van der Waals surface area contributed by atoms with Crippen LogP contribution in [0.25, 0.3) is 10.8 Å². The van der Waals surface area contributed by atoms with Gasteiger partial charge in [0.05, 0.1) is 6.54 Å². The van der Waals surface area contributed by atoms with Crippen LogP contribution in [0.2, 0.25) is 0 Å². The molecule has 3 aromatic rings. The van der Waals surface area contributed by atoms with Gasteiger partial charge in [-0.2, -0.15) is 0 Å². The van der Waals surface area contributed by atoms with E-state index in [9.17, 15) is 19.2 Å². The van der Waals surface area contributed by atoms with Gasteiger partial charge in [-0.15, -0.1) is 0 Å². The van der Waals surface area contributed by atoms with E-state index in [0.29, 0.717) is 6.42 Å². The second kappa shape index (κ2) is 14.4. The lowest BCUT2D eigenvalue weighted by atomic mass is 9.98. The molecule has 0 unspecified atom stereocenters. The third kappa shape index (κ3) is 9.27. The van der Waals surface area contributed by atoms with E-state index in [2.05, 4.69) is 5.32 Å². The van der Waals surface area contributed by atoms with Crippen LogP contribution in [-0.4, -0.2) is 71.7 Å². The zero-order valence-electron chi connectivity index (χ0n) is 24.7. The highest BCUT2D eigenvalue weighted by Crippen LogP contribution is 2.20. The molecule has 42 heavy (non-hydrogen) atoms. The molecule has 0 saturated heterocycles.